The summed E-state index contributed by atoms with van der Waals surface area (Å²) >= 11 is 0. The maximum atomic E-state index is 11.8. The molecule has 0 saturated carbocycles. The van der Waals surface area contributed by atoms with Gasteiger partial charge in [-0.1, -0.05) is 19.9 Å². The van der Waals surface area contributed by atoms with Crippen molar-refractivity contribution in [1.29, 1.82) is 0 Å². The Bertz CT molecular complexity index is 1630. The predicted octanol–water partition coefficient (Wildman–Crippen LogP) is 5.22. The Labute approximate surface area is 225 Å². The Balaban J connectivity index is 1.80. The van der Waals surface area contributed by atoms with Gasteiger partial charge in [-0.25, -0.2) is 0 Å². The van der Waals surface area contributed by atoms with Crippen LogP contribution in [0.15, 0.2) is 70.1 Å². The molecule has 2 aliphatic rings. The van der Waals surface area contributed by atoms with Gasteiger partial charge in [-0.3, -0.25) is 9.11 Å². The molecule has 0 unspecified atom stereocenters. The molecule has 0 saturated heterocycles. The second-order valence-corrected chi connectivity index (χ2v) is 13.9. The molecular weight excluding hydrogens is 524 g/mol. The molecule has 0 aliphatic carbocycles. The molecule has 2 aromatic rings. The molecule has 2 aromatic carbocycles. The van der Waals surface area contributed by atoms with Gasteiger partial charge in [-0.05, 0) is 76.6 Å². The van der Waals surface area contributed by atoms with Crippen LogP contribution in [0.3, 0.4) is 0 Å². The number of hydrogen-bond acceptors (Lipinski definition) is 5. The molecule has 204 valence electrons. The third kappa shape index (κ3) is 4.53. The molecule has 8 nitrogen and oxygen atoms in total. The fourth-order valence-corrected chi connectivity index (χ4v) is 6.70. The fourth-order valence-electron chi connectivity index (χ4n) is 5.69. The predicted molar refractivity (Wildman–Crippen MR) is 149 cm³/mol. The van der Waals surface area contributed by atoms with Crippen molar-refractivity contribution in [3.05, 3.63) is 71.5 Å². The van der Waals surface area contributed by atoms with Crippen LogP contribution in [0.2, 0.25) is 0 Å². The van der Waals surface area contributed by atoms with Crippen LogP contribution in [-0.4, -0.2) is 48.8 Å². The minimum Gasteiger partial charge on any atom is -0.341 e. The highest BCUT2D eigenvalue weighted by Gasteiger charge is 2.45. The second-order valence-electron chi connectivity index (χ2n) is 11.1. The summed E-state index contributed by atoms with van der Waals surface area (Å²) in [4.78, 5) is 1.91. The van der Waals surface area contributed by atoms with Gasteiger partial charge in [0.1, 0.15) is 6.54 Å². The molecule has 2 aliphatic heterocycles. The number of nitrogens with zero attached hydrogens (tertiary/aromatic N) is 2. The minimum atomic E-state index is -4.33. The van der Waals surface area contributed by atoms with Crippen molar-refractivity contribution in [2.75, 3.05) is 11.4 Å². The number of fused-ring (bicyclic) bond motifs is 2. The summed E-state index contributed by atoms with van der Waals surface area (Å²) in [6, 6.07) is 9.48. The lowest BCUT2D eigenvalue weighted by Crippen LogP contribution is -2.31. The van der Waals surface area contributed by atoms with E-state index in [0.29, 0.717) is 6.54 Å². The number of allylic oxidation sites excluding steroid dienone is 4. The molecule has 10 heteroatoms. The van der Waals surface area contributed by atoms with Crippen LogP contribution in [0, 0.1) is 0 Å². The van der Waals surface area contributed by atoms with Crippen LogP contribution in [0.1, 0.15) is 59.6 Å². The maximum absolute atomic E-state index is 11.8. The summed E-state index contributed by atoms with van der Waals surface area (Å²) in [5.41, 5.74) is 4.34. The Morgan fingerprint density at radius 2 is 1.45 bits per heavy atom. The van der Waals surface area contributed by atoms with Gasteiger partial charge >= 0.3 is 0 Å². The van der Waals surface area contributed by atoms with Crippen molar-refractivity contribution in [3.8, 4) is 0 Å². The van der Waals surface area contributed by atoms with Gasteiger partial charge in [0.2, 0.25) is 5.69 Å². The van der Waals surface area contributed by atoms with E-state index in [9.17, 15) is 25.9 Å². The van der Waals surface area contributed by atoms with Crippen molar-refractivity contribution in [2.45, 2.75) is 75.1 Å². The van der Waals surface area contributed by atoms with Gasteiger partial charge in [0, 0.05) is 40.5 Å². The number of anilines is 1. The van der Waals surface area contributed by atoms with Crippen molar-refractivity contribution < 1.29 is 30.5 Å². The first kappa shape index (κ1) is 28.2. The maximum Gasteiger partial charge on any atom is 0.294 e. The lowest BCUT2D eigenvalue weighted by molar-refractivity contribution is -0.433. The van der Waals surface area contributed by atoms with Gasteiger partial charge < -0.3 is 4.90 Å². The van der Waals surface area contributed by atoms with Gasteiger partial charge in [-0.2, -0.15) is 21.4 Å². The monoisotopic (exact) mass is 559 g/mol. The summed E-state index contributed by atoms with van der Waals surface area (Å²) in [6.07, 6.45) is 6.01. The SMILES string of the molecule is CC[N+]1=C(C=CC=C2N(C(C)C)c3ccc(S(=O)(=O)O)cc3C2(C)C)C(C)(C)c2cc(S(=O)(=O)O)ccc21. The van der Waals surface area contributed by atoms with Crippen molar-refractivity contribution in [1.82, 2.24) is 0 Å². The zero-order chi connectivity index (χ0) is 28.4. The number of rotatable bonds is 6. The topological polar surface area (TPSA) is 115 Å². The fraction of sp³-hybridized carbons (Fsp3) is 0.393. The standard InChI is InChI=1S/C28H34N2O6S2/c1-8-29-23-14-12-19(37(31,32)33)16-21(23)27(4,5)25(29)10-9-11-26-28(6,7)22-17-20(38(34,35)36)13-15-24(22)30(26)18(2)3/h9-18H,8H2,1-7H3,(H-,31,32,33,34,35,36)/p+1. The molecule has 0 atom stereocenters. The van der Waals surface area contributed by atoms with Crippen LogP contribution in [0.25, 0.3) is 0 Å². The quantitative estimate of drug-likeness (QED) is 0.368. The average Bonchev–Trinajstić information content (AvgIpc) is 3.16. The Morgan fingerprint density at radius 1 is 0.895 bits per heavy atom. The third-order valence-electron chi connectivity index (χ3n) is 7.60. The molecule has 0 spiro atoms. The molecule has 0 amide bonds. The molecule has 4 rings (SSSR count). The van der Waals surface area contributed by atoms with E-state index >= 15 is 0 Å². The molecule has 0 fully saturated rings. The van der Waals surface area contributed by atoms with E-state index in [0.717, 1.165) is 33.9 Å². The summed E-state index contributed by atoms with van der Waals surface area (Å²) in [7, 11) is -8.66. The first-order chi connectivity index (χ1) is 17.4. The number of hydrogen-bond donors (Lipinski definition) is 2. The molecule has 0 bridgehead atoms. The third-order valence-corrected chi connectivity index (χ3v) is 9.30. The molecule has 0 radical (unpaired) electrons. The van der Waals surface area contributed by atoms with Crippen LogP contribution in [0.5, 0.6) is 0 Å². The highest BCUT2D eigenvalue weighted by Crippen LogP contribution is 2.49. The van der Waals surface area contributed by atoms with E-state index in [1.165, 1.54) is 18.2 Å². The normalized spacial score (nSPS) is 19.6. The molecular formula is C28H35N2O6S2+. The smallest absolute Gasteiger partial charge is 0.294 e. The summed E-state index contributed by atoms with van der Waals surface area (Å²) in [5, 5.41) is 0. The van der Waals surface area contributed by atoms with Gasteiger partial charge in [0.15, 0.2) is 5.71 Å². The second kappa shape index (κ2) is 9.15. The van der Waals surface area contributed by atoms with E-state index in [4.69, 9.17) is 0 Å². The van der Waals surface area contributed by atoms with Gasteiger partial charge in [0.05, 0.1) is 15.2 Å². The highest BCUT2D eigenvalue weighted by molar-refractivity contribution is 7.86. The highest BCUT2D eigenvalue weighted by atomic mass is 32.2. The molecule has 2 heterocycles. The summed E-state index contributed by atoms with van der Waals surface area (Å²) in [5.74, 6) is 0. The van der Waals surface area contributed by atoms with E-state index in [1.807, 2.05) is 52.8 Å². The first-order valence-corrected chi connectivity index (χ1v) is 15.4. The van der Waals surface area contributed by atoms with E-state index in [-0.39, 0.29) is 15.8 Å². The van der Waals surface area contributed by atoms with Crippen LogP contribution < -0.4 is 4.90 Å². The largest absolute Gasteiger partial charge is 0.341 e. The summed E-state index contributed by atoms with van der Waals surface area (Å²) in [6.45, 7) is 14.9. The lowest BCUT2D eigenvalue weighted by atomic mass is 9.81. The Morgan fingerprint density at radius 3 is 1.97 bits per heavy atom. The first-order valence-electron chi connectivity index (χ1n) is 12.5. The van der Waals surface area contributed by atoms with Crippen molar-refractivity contribution in [2.24, 2.45) is 0 Å². The van der Waals surface area contributed by atoms with E-state index in [2.05, 4.69) is 23.3 Å². The summed E-state index contributed by atoms with van der Waals surface area (Å²) < 4.78 is 68.5. The van der Waals surface area contributed by atoms with E-state index < -0.39 is 31.1 Å². The molecule has 0 aromatic heterocycles. The zero-order valence-corrected chi connectivity index (χ0v) is 24.4. The van der Waals surface area contributed by atoms with Gasteiger partial charge in [0.25, 0.3) is 20.2 Å². The Hall–Kier alpha value is -2.79. The molecule has 38 heavy (non-hydrogen) atoms. The molecule has 2 N–H and O–H groups in total. The van der Waals surface area contributed by atoms with Crippen molar-refractivity contribution in [3.63, 3.8) is 0 Å². The van der Waals surface area contributed by atoms with Crippen LogP contribution in [-0.2, 0) is 31.1 Å². The minimum absolute atomic E-state index is 0.0950. The average molecular weight is 560 g/mol. The number of benzene rings is 2. The van der Waals surface area contributed by atoms with Crippen LogP contribution >= 0.6 is 0 Å². The zero-order valence-electron chi connectivity index (χ0n) is 22.7. The Kier molecular flexibility index (Phi) is 6.80. The van der Waals surface area contributed by atoms with Crippen molar-refractivity contribution >= 4 is 37.3 Å². The van der Waals surface area contributed by atoms with Gasteiger partial charge in [-0.15, -0.1) is 0 Å². The van der Waals surface area contributed by atoms with E-state index in [1.54, 1.807) is 18.2 Å². The lowest BCUT2D eigenvalue weighted by Gasteiger charge is -2.30. The van der Waals surface area contributed by atoms with Crippen LogP contribution in [0.4, 0.5) is 11.4 Å².